The third-order valence-corrected chi connectivity index (χ3v) is 5.06. The first-order chi connectivity index (χ1) is 8.45. The van der Waals surface area contributed by atoms with E-state index in [1.54, 1.807) is 0 Å². The van der Waals surface area contributed by atoms with Gasteiger partial charge in [0.1, 0.15) is 6.07 Å². The van der Waals surface area contributed by atoms with Crippen LogP contribution in [0.3, 0.4) is 0 Å². The van der Waals surface area contributed by atoms with E-state index >= 15 is 0 Å². The first kappa shape index (κ1) is 16.2. The Labute approximate surface area is 123 Å². The standard InChI is InChI=1S/C11H12ClN3O2S.ClH/c12-11-5-10(2-1-8(11)6-13)18(16,17)15-4-3-9(14)7-15;/h1-2,5,9H,3-4,7,14H2;1H/t9-;/m1./s1. The van der Waals surface area contributed by atoms with Gasteiger partial charge in [0.15, 0.2) is 0 Å². The van der Waals surface area contributed by atoms with Gasteiger partial charge in [0.25, 0.3) is 0 Å². The molecule has 1 aliphatic heterocycles. The Morgan fingerprint density at radius 3 is 2.63 bits per heavy atom. The Balaban J connectivity index is 0.00000180. The summed E-state index contributed by atoms with van der Waals surface area (Å²) in [4.78, 5) is 0.0978. The first-order valence-electron chi connectivity index (χ1n) is 5.40. The van der Waals surface area contributed by atoms with Crippen LogP contribution in [0.4, 0.5) is 0 Å². The van der Waals surface area contributed by atoms with Crippen LogP contribution in [0.2, 0.25) is 5.02 Å². The topological polar surface area (TPSA) is 87.2 Å². The molecule has 0 radical (unpaired) electrons. The SMILES string of the molecule is Cl.N#Cc1ccc(S(=O)(=O)N2CC[C@@H](N)C2)cc1Cl. The molecule has 2 N–H and O–H groups in total. The van der Waals surface area contributed by atoms with Crippen LogP contribution in [0.15, 0.2) is 23.1 Å². The molecular weight excluding hydrogens is 309 g/mol. The Hall–Kier alpha value is -0.840. The van der Waals surface area contributed by atoms with Gasteiger partial charge in [-0.3, -0.25) is 0 Å². The van der Waals surface area contributed by atoms with Gasteiger partial charge in [-0.25, -0.2) is 8.42 Å². The van der Waals surface area contributed by atoms with Crippen LogP contribution in [0, 0.1) is 11.3 Å². The average molecular weight is 322 g/mol. The van der Waals surface area contributed by atoms with Crippen LogP contribution in [0.25, 0.3) is 0 Å². The summed E-state index contributed by atoms with van der Waals surface area (Å²) >= 11 is 5.84. The van der Waals surface area contributed by atoms with E-state index in [0.29, 0.717) is 19.5 Å². The van der Waals surface area contributed by atoms with Crippen LogP contribution in [-0.4, -0.2) is 31.9 Å². The van der Waals surface area contributed by atoms with E-state index in [1.807, 2.05) is 6.07 Å². The number of hydrogen-bond acceptors (Lipinski definition) is 4. The Bertz CT molecular complexity index is 613. The lowest BCUT2D eigenvalue weighted by Crippen LogP contribution is -2.31. The molecule has 0 unspecified atom stereocenters. The number of nitrogens with two attached hydrogens (primary N) is 1. The lowest BCUT2D eigenvalue weighted by Gasteiger charge is -2.16. The molecule has 0 spiro atoms. The van der Waals surface area contributed by atoms with Gasteiger partial charge in [0, 0.05) is 19.1 Å². The van der Waals surface area contributed by atoms with Crippen LogP contribution < -0.4 is 5.73 Å². The van der Waals surface area contributed by atoms with Crippen molar-refractivity contribution < 1.29 is 8.42 Å². The fourth-order valence-corrected chi connectivity index (χ4v) is 3.69. The van der Waals surface area contributed by atoms with Gasteiger partial charge >= 0.3 is 0 Å². The van der Waals surface area contributed by atoms with E-state index in [-0.39, 0.29) is 33.9 Å². The van der Waals surface area contributed by atoms with Crippen LogP contribution in [0.5, 0.6) is 0 Å². The molecular formula is C11H13Cl2N3O2S. The maximum atomic E-state index is 12.3. The quantitative estimate of drug-likeness (QED) is 0.890. The molecule has 0 amide bonds. The molecule has 0 aromatic heterocycles. The van der Waals surface area contributed by atoms with Crippen LogP contribution >= 0.6 is 24.0 Å². The van der Waals surface area contributed by atoms with Gasteiger partial charge in [-0.1, -0.05) is 11.6 Å². The normalized spacial score (nSPS) is 19.7. The molecule has 0 aliphatic carbocycles. The van der Waals surface area contributed by atoms with Crippen molar-refractivity contribution in [3.8, 4) is 6.07 Å². The molecule has 5 nitrogen and oxygen atoms in total. The van der Waals surface area contributed by atoms with Crippen molar-refractivity contribution in [3.63, 3.8) is 0 Å². The van der Waals surface area contributed by atoms with Crippen molar-refractivity contribution in [2.75, 3.05) is 13.1 Å². The van der Waals surface area contributed by atoms with Gasteiger partial charge in [-0.05, 0) is 24.6 Å². The molecule has 0 bridgehead atoms. The monoisotopic (exact) mass is 321 g/mol. The minimum Gasteiger partial charge on any atom is -0.326 e. The highest BCUT2D eigenvalue weighted by Gasteiger charge is 2.31. The molecule has 1 aromatic carbocycles. The zero-order valence-corrected chi connectivity index (χ0v) is 12.3. The maximum absolute atomic E-state index is 12.3. The Morgan fingerprint density at radius 2 is 2.16 bits per heavy atom. The number of rotatable bonds is 2. The molecule has 1 atom stereocenters. The lowest BCUT2D eigenvalue weighted by atomic mass is 10.2. The summed E-state index contributed by atoms with van der Waals surface area (Å²) in [6, 6.07) is 5.88. The number of nitrogens with zero attached hydrogens (tertiary/aromatic N) is 2. The van der Waals surface area contributed by atoms with Crippen LogP contribution in [-0.2, 0) is 10.0 Å². The van der Waals surface area contributed by atoms with Crippen molar-refractivity contribution in [2.45, 2.75) is 17.4 Å². The highest BCUT2D eigenvalue weighted by molar-refractivity contribution is 7.89. The molecule has 1 fully saturated rings. The maximum Gasteiger partial charge on any atom is 0.243 e. The van der Waals surface area contributed by atoms with Crippen molar-refractivity contribution >= 4 is 34.0 Å². The van der Waals surface area contributed by atoms with E-state index in [9.17, 15) is 8.42 Å². The first-order valence-corrected chi connectivity index (χ1v) is 7.22. The molecule has 0 saturated carbocycles. The average Bonchev–Trinajstić information content (AvgIpc) is 2.76. The zero-order valence-electron chi connectivity index (χ0n) is 9.91. The molecule has 1 heterocycles. The summed E-state index contributed by atoms with van der Waals surface area (Å²) in [5.74, 6) is 0. The molecule has 19 heavy (non-hydrogen) atoms. The molecule has 1 saturated heterocycles. The van der Waals surface area contributed by atoms with Gasteiger partial charge in [-0.2, -0.15) is 9.57 Å². The predicted molar refractivity (Wildman–Crippen MR) is 74.8 cm³/mol. The van der Waals surface area contributed by atoms with E-state index < -0.39 is 10.0 Å². The third kappa shape index (κ3) is 3.19. The van der Waals surface area contributed by atoms with E-state index in [1.165, 1.54) is 22.5 Å². The molecule has 8 heteroatoms. The number of benzene rings is 1. The van der Waals surface area contributed by atoms with Crippen LogP contribution in [0.1, 0.15) is 12.0 Å². The highest BCUT2D eigenvalue weighted by atomic mass is 35.5. The van der Waals surface area contributed by atoms with Crippen molar-refractivity contribution in [1.82, 2.24) is 4.31 Å². The second-order valence-electron chi connectivity index (χ2n) is 4.17. The summed E-state index contributed by atoms with van der Waals surface area (Å²) in [6.45, 7) is 0.737. The summed E-state index contributed by atoms with van der Waals surface area (Å²) in [5.41, 5.74) is 5.96. The minimum absolute atomic E-state index is 0. The van der Waals surface area contributed by atoms with Gasteiger partial charge < -0.3 is 5.73 Å². The largest absolute Gasteiger partial charge is 0.326 e. The van der Waals surface area contributed by atoms with Crippen molar-refractivity contribution in [2.24, 2.45) is 5.73 Å². The number of nitriles is 1. The molecule has 1 aromatic rings. The second-order valence-corrected chi connectivity index (χ2v) is 6.51. The summed E-state index contributed by atoms with van der Waals surface area (Å²) in [6.07, 6.45) is 0.656. The van der Waals surface area contributed by atoms with Crippen molar-refractivity contribution in [1.29, 1.82) is 5.26 Å². The number of sulfonamides is 1. The highest BCUT2D eigenvalue weighted by Crippen LogP contribution is 2.24. The minimum atomic E-state index is -3.56. The molecule has 2 rings (SSSR count). The summed E-state index contributed by atoms with van der Waals surface area (Å²) in [7, 11) is -3.56. The Morgan fingerprint density at radius 1 is 1.47 bits per heavy atom. The summed E-state index contributed by atoms with van der Waals surface area (Å²) < 4.78 is 25.9. The number of halogens is 2. The fraction of sp³-hybridized carbons (Fsp3) is 0.364. The van der Waals surface area contributed by atoms with E-state index in [4.69, 9.17) is 22.6 Å². The molecule has 104 valence electrons. The van der Waals surface area contributed by atoms with Crippen molar-refractivity contribution in [3.05, 3.63) is 28.8 Å². The zero-order chi connectivity index (χ0) is 13.3. The number of hydrogen-bond donors (Lipinski definition) is 1. The smallest absolute Gasteiger partial charge is 0.243 e. The van der Waals surface area contributed by atoms with Gasteiger partial charge in [-0.15, -0.1) is 12.4 Å². The van der Waals surface area contributed by atoms with E-state index in [2.05, 4.69) is 0 Å². The lowest BCUT2D eigenvalue weighted by molar-refractivity contribution is 0.472. The predicted octanol–water partition coefficient (Wildman–Crippen LogP) is 1.36. The fourth-order valence-electron chi connectivity index (χ4n) is 1.87. The Kier molecular flexibility index (Phi) is 5.18. The van der Waals surface area contributed by atoms with Gasteiger partial charge in [0.05, 0.1) is 15.5 Å². The third-order valence-electron chi connectivity index (χ3n) is 2.89. The second kappa shape index (κ2) is 6.07. The van der Waals surface area contributed by atoms with E-state index in [0.717, 1.165) is 0 Å². The molecule has 1 aliphatic rings. The van der Waals surface area contributed by atoms with Gasteiger partial charge in [0.2, 0.25) is 10.0 Å². The summed E-state index contributed by atoms with van der Waals surface area (Å²) in [5, 5.41) is 8.89.